The van der Waals surface area contributed by atoms with Gasteiger partial charge < -0.3 is 19.9 Å². The zero-order chi connectivity index (χ0) is 28.8. The molecule has 0 aromatic carbocycles. The first-order chi connectivity index (χ1) is 18.9. The Labute approximate surface area is 239 Å². The summed E-state index contributed by atoms with van der Waals surface area (Å²) in [6.45, 7) is 11.8. The Morgan fingerprint density at radius 1 is 1.18 bits per heavy atom. The van der Waals surface area contributed by atoms with E-state index in [2.05, 4.69) is 39.1 Å². The third-order valence-electron chi connectivity index (χ3n) is 11.7. The van der Waals surface area contributed by atoms with Crippen molar-refractivity contribution < 1.29 is 29.0 Å². The number of esters is 1. The smallest absolute Gasteiger partial charge is 0.306 e. The second kappa shape index (κ2) is 11.2. The van der Waals surface area contributed by atoms with E-state index in [0.717, 1.165) is 51.5 Å². The summed E-state index contributed by atoms with van der Waals surface area (Å²) in [6, 6.07) is 0. The Balaban J connectivity index is 1.24. The maximum absolute atomic E-state index is 12.2. The molecule has 0 bridgehead atoms. The minimum Gasteiger partial charge on any atom is -0.494 e. The maximum Gasteiger partial charge on any atom is 0.306 e. The van der Waals surface area contributed by atoms with E-state index in [9.17, 15) is 14.4 Å². The number of rotatable bonds is 9. The highest BCUT2D eigenvalue weighted by atomic mass is 16.5. The minimum absolute atomic E-state index is 0.0338. The predicted molar refractivity (Wildman–Crippen MR) is 152 cm³/mol. The van der Waals surface area contributed by atoms with E-state index in [-0.39, 0.29) is 41.7 Å². The SMILES string of the molecule is CC(=O)NCC(C)CCC1=C(C)C2C(CC3C4CC=C5CC(OC(=O)CCC(=O)O)CC[C@]5(C)C4CC[C@@]32C)O1. The molecular weight excluding hydrogens is 506 g/mol. The standard InChI is InChI=1S/C33H49NO6/c1-19(18-34-21(3)35)6-9-27-20(2)31-28(40-27)17-26-24-8-7-22-16-23(39-30(38)11-10-29(36)37)12-14-32(22,4)25(24)13-15-33(26,31)5/h7,19,23-26,28,31H,6,8-18H2,1-5H3,(H,34,35)(H,36,37)/t19?,23?,24?,25?,26?,28?,31?,32-,33-/m0/s1. The van der Waals surface area contributed by atoms with Gasteiger partial charge in [-0.05, 0) is 91.9 Å². The van der Waals surface area contributed by atoms with Crippen molar-refractivity contribution in [3.8, 4) is 0 Å². The van der Waals surface area contributed by atoms with Gasteiger partial charge in [-0.25, -0.2) is 0 Å². The van der Waals surface area contributed by atoms with E-state index < -0.39 is 5.97 Å². The molecule has 40 heavy (non-hydrogen) atoms. The Bertz CT molecular complexity index is 1090. The number of carbonyl (C=O) groups is 3. The van der Waals surface area contributed by atoms with Gasteiger partial charge in [0.05, 0.1) is 18.6 Å². The zero-order valence-electron chi connectivity index (χ0n) is 25.1. The number of nitrogens with one attached hydrogen (secondary N) is 1. The molecule has 3 saturated carbocycles. The summed E-state index contributed by atoms with van der Waals surface area (Å²) in [5.74, 6) is 2.83. The first-order valence-corrected chi connectivity index (χ1v) is 15.6. The average Bonchev–Trinajstić information content (AvgIpc) is 3.38. The molecule has 2 N–H and O–H groups in total. The molecule has 7 heteroatoms. The van der Waals surface area contributed by atoms with Crippen LogP contribution in [-0.2, 0) is 23.9 Å². The van der Waals surface area contributed by atoms with Crippen LogP contribution in [0, 0.1) is 40.4 Å². The first kappa shape index (κ1) is 29.2. The third-order valence-corrected chi connectivity index (χ3v) is 11.7. The van der Waals surface area contributed by atoms with Crippen molar-refractivity contribution in [1.29, 1.82) is 0 Å². The van der Waals surface area contributed by atoms with Crippen LogP contribution in [0.4, 0.5) is 0 Å². The van der Waals surface area contributed by atoms with Crippen molar-refractivity contribution in [2.24, 2.45) is 40.4 Å². The fourth-order valence-electron chi connectivity index (χ4n) is 9.56. The van der Waals surface area contributed by atoms with Crippen molar-refractivity contribution in [1.82, 2.24) is 5.32 Å². The molecule has 7 nitrogen and oxygen atoms in total. The van der Waals surface area contributed by atoms with Gasteiger partial charge in [-0.1, -0.05) is 32.4 Å². The number of carbonyl (C=O) groups excluding carboxylic acids is 2. The van der Waals surface area contributed by atoms with Gasteiger partial charge >= 0.3 is 11.9 Å². The van der Waals surface area contributed by atoms with Crippen molar-refractivity contribution in [2.75, 3.05) is 6.54 Å². The van der Waals surface area contributed by atoms with Crippen LogP contribution in [0.5, 0.6) is 0 Å². The Morgan fingerprint density at radius 2 is 1.95 bits per heavy atom. The van der Waals surface area contributed by atoms with E-state index in [1.54, 1.807) is 6.92 Å². The molecule has 0 aromatic heterocycles. The molecule has 0 radical (unpaired) electrons. The van der Waals surface area contributed by atoms with Gasteiger partial charge in [0.2, 0.25) is 5.91 Å². The molecule has 1 aliphatic heterocycles. The molecule has 0 aromatic rings. The van der Waals surface area contributed by atoms with Crippen LogP contribution in [0.15, 0.2) is 23.0 Å². The maximum atomic E-state index is 12.2. The summed E-state index contributed by atoms with van der Waals surface area (Å²) in [5.41, 5.74) is 3.37. The van der Waals surface area contributed by atoms with E-state index in [1.165, 1.54) is 29.7 Å². The number of carboxylic acid groups (broad SMARTS) is 1. The van der Waals surface area contributed by atoms with E-state index in [0.29, 0.717) is 35.7 Å². The van der Waals surface area contributed by atoms with Crippen LogP contribution in [0.3, 0.4) is 0 Å². The molecule has 5 aliphatic rings. The average molecular weight is 556 g/mol. The number of aliphatic carboxylic acids is 1. The van der Waals surface area contributed by atoms with Gasteiger partial charge in [0.15, 0.2) is 0 Å². The third kappa shape index (κ3) is 5.34. The second-order valence-corrected chi connectivity index (χ2v) is 14.1. The normalized spacial score (nSPS) is 38.7. The van der Waals surface area contributed by atoms with Gasteiger partial charge in [-0.2, -0.15) is 0 Å². The lowest BCUT2D eigenvalue weighted by Crippen LogP contribution is -2.50. The molecular formula is C33H49NO6. The van der Waals surface area contributed by atoms with Crippen molar-refractivity contribution in [3.63, 3.8) is 0 Å². The van der Waals surface area contributed by atoms with Crippen LogP contribution in [0.1, 0.15) is 105 Å². The van der Waals surface area contributed by atoms with E-state index >= 15 is 0 Å². The Morgan fingerprint density at radius 3 is 2.67 bits per heavy atom. The Hall–Kier alpha value is -2.31. The summed E-state index contributed by atoms with van der Waals surface area (Å²) in [4.78, 5) is 34.3. The Kier molecular flexibility index (Phi) is 8.15. The van der Waals surface area contributed by atoms with Crippen LogP contribution in [0.25, 0.3) is 0 Å². The molecule has 1 amide bonds. The predicted octanol–water partition coefficient (Wildman–Crippen LogP) is 6.18. The van der Waals surface area contributed by atoms with Gasteiger partial charge in [0.25, 0.3) is 0 Å². The van der Waals surface area contributed by atoms with Gasteiger partial charge in [-0.3, -0.25) is 14.4 Å². The quantitative estimate of drug-likeness (QED) is 0.260. The van der Waals surface area contributed by atoms with Gasteiger partial charge in [0, 0.05) is 32.2 Å². The number of fused-ring (bicyclic) bond motifs is 7. The lowest BCUT2D eigenvalue weighted by atomic mass is 9.47. The molecule has 9 atom stereocenters. The lowest BCUT2D eigenvalue weighted by molar-refractivity contribution is -0.154. The summed E-state index contributed by atoms with van der Waals surface area (Å²) in [7, 11) is 0. The number of hydrogen-bond donors (Lipinski definition) is 2. The van der Waals surface area contributed by atoms with Crippen LogP contribution >= 0.6 is 0 Å². The molecule has 0 spiro atoms. The summed E-state index contributed by atoms with van der Waals surface area (Å²) < 4.78 is 12.4. The number of hydrogen-bond acceptors (Lipinski definition) is 5. The highest BCUT2D eigenvalue weighted by Gasteiger charge is 2.63. The van der Waals surface area contributed by atoms with Crippen LogP contribution in [-0.4, -0.2) is 41.7 Å². The largest absolute Gasteiger partial charge is 0.494 e. The van der Waals surface area contributed by atoms with Crippen LogP contribution in [0.2, 0.25) is 0 Å². The van der Waals surface area contributed by atoms with Crippen LogP contribution < -0.4 is 5.32 Å². The summed E-state index contributed by atoms with van der Waals surface area (Å²) >= 11 is 0. The number of amides is 1. The van der Waals surface area contributed by atoms with Crippen molar-refractivity contribution >= 4 is 17.8 Å². The minimum atomic E-state index is -0.963. The highest BCUT2D eigenvalue weighted by Crippen LogP contribution is 2.69. The van der Waals surface area contributed by atoms with Gasteiger partial charge in [-0.15, -0.1) is 0 Å². The molecule has 7 unspecified atom stereocenters. The topological polar surface area (TPSA) is 102 Å². The van der Waals surface area contributed by atoms with E-state index in [1.807, 2.05) is 0 Å². The fourth-order valence-corrected chi connectivity index (χ4v) is 9.56. The fraction of sp³-hybridized carbons (Fsp3) is 0.788. The highest BCUT2D eigenvalue weighted by molar-refractivity contribution is 5.76. The van der Waals surface area contributed by atoms with Gasteiger partial charge in [0.1, 0.15) is 12.2 Å². The molecule has 1 heterocycles. The summed E-state index contributed by atoms with van der Waals surface area (Å²) in [6.07, 6.45) is 11.8. The molecule has 3 fully saturated rings. The molecule has 5 rings (SSSR count). The summed E-state index contributed by atoms with van der Waals surface area (Å²) in [5, 5.41) is 11.8. The molecule has 222 valence electrons. The second-order valence-electron chi connectivity index (χ2n) is 14.1. The monoisotopic (exact) mass is 555 g/mol. The molecule has 0 saturated heterocycles. The molecule has 4 aliphatic carbocycles. The number of ether oxygens (including phenoxy) is 2. The zero-order valence-corrected chi connectivity index (χ0v) is 25.1. The lowest BCUT2D eigenvalue weighted by Gasteiger charge is -2.58. The van der Waals surface area contributed by atoms with Crippen molar-refractivity contribution in [3.05, 3.63) is 23.0 Å². The van der Waals surface area contributed by atoms with Crippen molar-refractivity contribution in [2.45, 2.75) is 117 Å². The van der Waals surface area contributed by atoms with E-state index in [4.69, 9.17) is 14.6 Å². The first-order valence-electron chi connectivity index (χ1n) is 15.6. The number of allylic oxidation sites excluding steroid dienone is 2. The number of carboxylic acids is 1.